The van der Waals surface area contributed by atoms with Gasteiger partial charge < -0.3 is 34.1 Å². The van der Waals surface area contributed by atoms with Crippen molar-refractivity contribution in [3.05, 3.63) is 90.5 Å². The first-order valence-electron chi connectivity index (χ1n) is 19.6. The van der Waals surface area contributed by atoms with Gasteiger partial charge in [0.2, 0.25) is 5.91 Å². The van der Waals surface area contributed by atoms with Gasteiger partial charge in [-0.1, -0.05) is 38.1 Å². The van der Waals surface area contributed by atoms with Crippen molar-refractivity contribution >= 4 is 40.1 Å². The van der Waals surface area contributed by atoms with Gasteiger partial charge in [0.15, 0.2) is 0 Å². The number of esters is 1. The fourth-order valence-electron chi connectivity index (χ4n) is 7.23. The number of methoxy groups -OCH3 is 2. The molecular weight excluding hydrogens is 743 g/mol. The van der Waals surface area contributed by atoms with Crippen molar-refractivity contribution in [2.75, 3.05) is 33.9 Å². The highest BCUT2D eigenvalue weighted by Gasteiger charge is 2.62. The molecule has 0 radical (unpaired) electrons. The summed E-state index contributed by atoms with van der Waals surface area (Å²) in [6.07, 6.45) is 5.94. The molecule has 2 aromatic heterocycles. The lowest BCUT2D eigenvalue weighted by atomic mass is 10.1. The Morgan fingerprint density at radius 1 is 1.05 bits per heavy atom. The zero-order valence-corrected chi connectivity index (χ0v) is 34.3. The first-order valence-corrected chi connectivity index (χ1v) is 20.4. The number of urea groups is 1. The molecule has 4 aromatic rings. The predicted octanol–water partition coefficient (Wildman–Crippen LogP) is 7.92. The number of nitrogens with one attached hydrogen (secondary N) is 1. The van der Waals surface area contributed by atoms with Crippen LogP contribution in [0.3, 0.4) is 0 Å². The minimum Gasteiger partial charge on any atom is -0.497 e. The summed E-state index contributed by atoms with van der Waals surface area (Å²) < 4.78 is 23.1. The number of nitrogens with zero attached hydrogens (tertiary/aromatic N) is 4. The number of ether oxygens (including phenoxy) is 4. The topological polar surface area (TPSA) is 132 Å². The number of benzene rings is 2. The number of aromatic nitrogens is 2. The highest BCUT2D eigenvalue weighted by atomic mass is 32.1. The van der Waals surface area contributed by atoms with Crippen LogP contribution in [0, 0.1) is 5.92 Å². The van der Waals surface area contributed by atoms with Crippen LogP contribution >= 0.6 is 11.3 Å². The number of carbonyl (C=O) groups is 3. The van der Waals surface area contributed by atoms with Crippen molar-refractivity contribution in [2.45, 2.75) is 83.0 Å². The molecule has 0 bridgehead atoms. The number of hydrogen-bond donors (Lipinski definition) is 1. The third-order valence-corrected chi connectivity index (χ3v) is 11.5. The fraction of sp³-hybridized carbons (Fsp3) is 0.432. The normalized spacial score (nSPS) is 19.9. The summed E-state index contributed by atoms with van der Waals surface area (Å²) in [7, 11) is 3.22. The number of rotatable bonds is 18. The Morgan fingerprint density at radius 3 is 2.46 bits per heavy atom. The smallest absolute Gasteiger partial charge is 0.332 e. The number of fused-ring (bicyclic) bond motifs is 1. The van der Waals surface area contributed by atoms with Gasteiger partial charge in [-0.2, -0.15) is 0 Å². The Hall–Kier alpha value is -5.43. The van der Waals surface area contributed by atoms with E-state index in [4.69, 9.17) is 28.9 Å². The molecule has 1 N–H and O–H groups in total. The van der Waals surface area contributed by atoms with E-state index in [1.165, 1.54) is 11.3 Å². The second-order valence-corrected chi connectivity index (χ2v) is 15.7. The molecule has 1 saturated heterocycles. The van der Waals surface area contributed by atoms with Crippen LogP contribution in [-0.4, -0.2) is 89.3 Å². The molecule has 1 aliphatic heterocycles. The number of unbranched alkanes of at least 4 members (excludes halogenated alkanes) is 2. The SMILES string of the molecule is C=CCCCCN(Cc1ccc(OC)cc1)C(=O)N1C[C@H](Oc2cc(-c3nc(C(C)C)cs3)nc3cc(OC)ccc23)C[C@H]1C(=O)N[C@]1(C(=O)OCC)C[C@H]1C=C. The van der Waals surface area contributed by atoms with Gasteiger partial charge >= 0.3 is 12.0 Å². The Labute approximate surface area is 338 Å². The molecule has 1 saturated carbocycles. The van der Waals surface area contributed by atoms with E-state index in [0.29, 0.717) is 48.0 Å². The standard InChI is InChI=1S/C44H53N5O7S/c1-8-11-12-13-20-48(25-29-14-16-31(53-6)17-15-29)43(52)49-26-33(22-38(49)40(50)47-44(24-30(44)9-2)42(51)55-10-3)56-39-23-36(41-46-37(27-57-41)28(4)5)45-35-21-32(54-7)18-19-34(35)39/h8-9,14-19,21,23,27-28,30,33,38H,1-2,10-13,20,22,24-26H2,3-7H3,(H,47,50)/t30-,33-,38+,44-/m1/s1. The van der Waals surface area contributed by atoms with E-state index < -0.39 is 29.6 Å². The summed E-state index contributed by atoms with van der Waals surface area (Å²) in [5.74, 6) is 0.925. The average Bonchev–Trinajstić information content (AvgIpc) is 3.49. The average molecular weight is 796 g/mol. The highest BCUT2D eigenvalue weighted by molar-refractivity contribution is 7.13. The third kappa shape index (κ3) is 9.25. The van der Waals surface area contributed by atoms with Gasteiger partial charge in [0.25, 0.3) is 0 Å². The number of likely N-dealkylation sites (tertiary alicyclic amines) is 1. The summed E-state index contributed by atoms with van der Waals surface area (Å²) >= 11 is 1.51. The Kier molecular flexibility index (Phi) is 13.2. The number of thiazole rings is 1. The quantitative estimate of drug-likeness (QED) is 0.0606. The number of pyridine rings is 1. The van der Waals surface area contributed by atoms with Gasteiger partial charge in [0, 0.05) is 48.3 Å². The molecule has 57 heavy (non-hydrogen) atoms. The molecule has 2 fully saturated rings. The second kappa shape index (κ2) is 18.2. The second-order valence-electron chi connectivity index (χ2n) is 14.8. The molecule has 2 aliphatic rings. The molecule has 3 heterocycles. The van der Waals surface area contributed by atoms with Crippen LogP contribution in [0.1, 0.15) is 70.1 Å². The van der Waals surface area contributed by atoms with E-state index in [-0.39, 0.29) is 37.4 Å². The van der Waals surface area contributed by atoms with E-state index in [2.05, 4.69) is 32.3 Å². The van der Waals surface area contributed by atoms with Crippen LogP contribution in [0.15, 0.2) is 79.2 Å². The highest BCUT2D eigenvalue weighted by Crippen LogP contribution is 2.46. The Bertz CT molecular complexity index is 2080. The summed E-state index contributed by atoms with van der Waals surface area (Å²) in [4.78, 5) is 55.6. The first kappa shape index (κ1) is 41.2. The van der Waals surface area contributed by atoms with Gasteiger partial charge in [-0.3, -0.25) is 4.79 Å². The van der Waals surface area contributed by atoms with E-state index in [0.717, 1.165) is 40.9 Å². The van der Waals surface area contributed by atoms with Gasteiger partial charge in [-0.05, 0) is 68.4 Å². The lowest BCUT2D eigenvalue weighted by Crippen LogP contribution is -2.55. The van der Waals surface area contributed by atoms with E-state index in [9.17, 15) is 14.4 Å². The molecular formula is C44H53N5O7S. The van der Waals surface area contributed by atoms with Crippen LogP contribution in [0.4, 0.5) is 4.79 Å². The van der Waals surface area contributed by atoms with Gasteiger partial charge in [-0.25, -0.2) is 19.6 Å². The van der Waals surface area contributed by atoms with Crippen molar-refractivity contribution in [1.29, 1.82) is 0 Å². The lowest BCUT2D eigenvalue weighted by molar-refractivity contribution is -0.149. The molecule has 12 nitrogen and oxygen atoms in total. The number of hydrogen-bond acceptors (Lipinski definition) is 10. The van der Waals surface area contributed by atoms with Crippen LogP contribution in [0.2, 0.25) is 0 Å². The largest absolute Gasteiger partial charge is 0.497 e. The molecule has 3 amide bonds. The van der Waals surface area contributed by atoms with Gasteiger partial charge in [0.05, 0.1) is 38.6 Å². The van der Waals surface area contributed by atoms with Gasteiger partial charge in [-0.15, -0.1) is 24.5 Å². The fourth-order valence-corrected chi connectivity index (χ4v) is 8.17. The van der Waals surface area contributed by atoms with Crippen molar-refractivity contribution < 1.29 is 33.3 Å². The van der Waals surface area contributed by atoms with Crippen LogP contribution in [-0.2, 0) is 20.9 Å². The number of amides is 3. The maximum atomic E-state index is 14.8. The van der Waals surface area contributed by atoms with Crippen molar-refractivity contribution in [1.82, 2.24) is 25.1 Å². The minimum atomic E-state index is -1.23. The maximum absolute atomic E-state index is 14.8. The Balaban J connectivity index is 1.35. The molecule has 2 aromatic carbocycles. The van der Waals surface area contributed by atoms with Crippen LogP contribution in [0.5, 0.6) is 17.2 Å². The van der Waals surface area contributed by atoms with E-state index in [1.807, 2.05) is 60.0 Å². The minimum absolute atomic E-state index is 0.129. The Morgan fingerprint density at radius 2 is 1.81 bits per heavy atom. The molecule has 0 spiro atoms. The molecule has 6 rings (SSSR count). The summed E-state index contributed by atoms with van der Waals surface area (Å²) in [6.45, 7) is 14.7. The summed E-state index contributed by atoms with van der Waals surface area (Å²) in [6, 6.07) is 13.8. The third-order valence-electron chi connectivity index (χ3n) is 10.6. The van der Waals surface area contributed by atoms with Crippen molar-refractivity contribution in [3.63, 3.8) is 0 Å². The van der Waals surface area contributed by atoms with E-state index >= 15 is 0 Å². The van der Waals surface area contributed by atoms with Gasteiger partial charge in [0.1, 0.15) is 45.6 Å². The first-order chi connectivity index (χ1) is 27.5. The zero-order chi connectivity index (χ0) is 40.7. The maximum Gasteiger partial charge on any atom is 0.332 e. The predicted molar refractivity (Wildman–Crippen MR) is 222 cm³/mol. The molecule has 1 aliphatic carbocycles. The van der Waals surface area contributed by atoms with Crippen LogP contribution < -0.4 is 19.5 Å². The zero-order valence-electron chi connectivity index (χ0n) is 33.5. The van der Waals surface area contributed by atoms with E-state index in [1.54, 1.807) is 37.0 Å². The number of allylic oxidation sites excluding steroid dienone is 1. The molecule has 4 atom stereocenters. The summed E-state index contributed by atoms with van der Waals surface area (Å²) in [5, 5.41) is 6.55. The monoisotopic (exact) mass is 795 g/mol. The molecule has 302 valence electrons. The van der Waals surface area contributed by atoms with Crippen LogP contribution in [0.25, 0.3) is 21.6 Å². The number of carbonyl (C=O) groups excluding carboxylic acids is 3. The molecule has 0 unspecified atom stereocenters. The van der Waals surface area contributed by atoms with Crippen molar-refractivity contribution in [2.24, 2.45) is 5.92 Å². The molecule has 13 heteroatoms. The van der Waals surface area contributed by atoms with Crippen molar-refractivity contribution in [3.8, 4) is 28.0 Å². The lowest BCUT2D eigenvalue weighted by Gasteiger charge is -2.32. The summed E-state index contributed by atoms with van der Waals surface area (Å²) in [5.41, 5.74) is 1.97.